The van der Waals surface area contributed by atoms with Crippen LogP contribution in [-0.4, -0.2) is 0 Å². The lowest BCUT2D eigenvalue weighted by molar-refractivity contribution is 0.660. The van der Waals surface area contributed by atoms with Crippen LogP contribution in [0.15, 0.2) is 237 Å². The zero-order valence-electron chi connectivity index (χ0n) is 36.9. The first-order valence-corrected chi connectivity index (χ1v) is 23.1. The number of benzene rings is 9. The van der Waals surface area contributed by atoms with Gasteiger partial charge in [0.05, 0.1) is 5.41 Å². The molecular formula is C64H49N. The van der Waals surface area contributed by atoms with Crippen LogP contribution in [0.2, 0.25) is 0 Å². The number of hydrogen-bond donors (Lipinski definition) is 0. The molecule has 9 aromatic rings. The third-order valence-electron chi connectivity index (χ3n) is 14.4. The molecule has 3 aliphatic rings. The Labute approximate surface area is 383 Å². The molecule has 0 aliphatic heterocycles. The van der Waals surface area contributed by atoms with Gasteiger partial charge in [-0.05, 0) is 144 Å². The minimum atomic E-state index is -0.503. The van der Waals surface area contributed by atoms with Gasteiger partial charge in [0.15, 0.2) is 0 Å². The summed E-state index contributed by atoms with van der Waals surface area (Å²) < 4.78 is 0. The molecule has 0 heterocycles. The topological polar surface area (TPSA) is 3.24 Å². The van der Waals surface area contributed by atoms with Gasteiger partial charge in [-0.25, -0.2) is 0 Å². The minimum absolute atomic E-state index is 0.221. The van der Waals surface area contributed by atoms with Gasteiger partial charge in [-0.15, -0.1) is 0 Å². The van der Waals surface area contributed by atoms with Crippen molar-refractivity contribution in [1.82, 2.24) is 0 Å². The van der Waals surface area contributed by atoms with Crippen LogP contribution < -0.4 is 4.90 Å². The molecule has 9 aromatic carbocycles. The van der Waals surface area contributed by atoms with Gasteiger partial charge in [0.25, 0.3) is 0 Å². The van der Waals surface area contributed by atoms with E-state index in [4.69, 9.17) is 0 Å². The third kappa shape index (κ3) is 6.29. The number of anilines is 3. The molecule has 0 amide bonds. The van der Waals surface area contributed by atoms with Gasteiger partial charge in [0.1, 0.15) is 0 Å². The number of nitrogens with zero attached hydrogens (tertiary/aromatic N) is 1. The first-order valence-electron chi connectivity index (χ1n) is 23.1. The van der Waals surface area contributed by atoms with Gasteiger partial charge in [0, 0.05) is 22.5 Å². The maximum Gasteiger partial charge on any atom is 0.0714 e. The summed E-state index contributed by atoms with van der Waals surface area (Å²) >= 11 is 0. The molecule has 0 radical (unpaired) electrons. The standard InChI is InChI=1S/C64H49N/c1-63(2)60-41-49(47-32-30-46(31-33-47)44-18-7-3-8-19-44)34-37-56(60)57-38-35-53(42-61(57)63)65(52-27-17-22-48(40-52)45-20-9-4-10-21-45)54-36-39-58-55-28-15-16-29-59(55)64(62(58)43-54,50-23-11-5-12-24-50)51-25-13-6-14-26-51/h3,5-9,11-43H,4,10H2,1-2H3. The molecule has 0 N–H and O–H groups in total. The van der Waals surface area contributed by atoms with Crippen LogP contribution in [0.5, 0.6) is 0 Å². The maximum absolute atomic E-state index is 2.50. The van der Waals surface area contributed by atoms with E-state index in [1.54, 1.807) is 0 Å². The summed E-state index contributed by atoms with van der Waals surface area (Å²) in [5.41, 5.74) is 23.2. The van der Waals surface area contributed by atoms with Crippen LogP contribution in [0.25, 0.3) is 50.1 Å². The highest BCUT2D eigenvalue weighted by molar-refractivity contribution is 5.92. The predicted molar refractivity (Wildman–Crippen MR) is 273 cm³/mol. The largest absolute Gasteiger partial charge is 0.310 e. The van der Waals surface area contributed by atoms with Crippen LogP contribution in [0.3, 0.4) is 0 Å². The molecule has 65 heavy (non-hydrogen) atoms. The Bertz CT molecular complexity index is 3280. The van der Waals surface area contributed by atoms with Gasteiger partial charge in [-0.2, -0.15) is 0 Å². The summed E-state index contributed by atoms with van der Waals surface area (Å²) in [5.74, 6) is 0. The zero-order valence-corrected chi connectivity index (χ0v) is 36.9. The van der Waals surface area contributed by atoms with Crippen LogP contribution in [0, 0.1) is 0 Å². The Morgan fingerprint density at radius 2 is 0.846 bits per heavy atom. The molecule has 0 unspecified atom stereocenters. The quantitative estimate of drug-likeness (QED) is 0.147. The number of fused-ring (bicyclic) bond motifs is 6. The highest BCUT2D eigenvalue weighted by atomic mass is 15.1. The van der Waals surface area contributed by atoms with Gasteiger partial charge >= 0.3 is 0 Å². The fourth-order valence-electron chi connectivity index (χ4n) is 11.2. The van der Waals surface area contributed by atoms with Gasteiger partial charge in [-0.3, -0.25) is 0 Å². The Kier molecular flexibility index (Phi) is 9.28. The van der Waals surface area contributed by atoms with Gasteiger partial charge in [-0.1, -0.05) is 208 Å². The fourth-order valence-corrected chi connectivity index (χ4v) is 11.2. The molecule has 3 aliphatic carbocycles. The van der Waals surface area contributed by atoms with E-state index < -0.39 is 5.41 Å². The van der Waals surface area contributed by atoms with Crippen molar-refractivity contribution in [3.63, 3.8) is 0 Å². The van der Waals surface area contributed by atoms with Gasteiger partial charge in [0.2, 0.25) is 0 Å². The fraction of sp³-hybridized carbons (Fsp3) is 0.0938. The summed E-state index contributed by atoms with van der Waals surface area (Å²) in [5, 5.41) is 0. The number of allylic oxidation sites excluding steroid dienone is 4. The van der Waals surface area contributed by atoms with E-state index in [9.17, 15) is 0 Å². The smallest absolute Gasteiger partial charge is 0.0714 e. The Morgan fingerprint density at radius 1 is 0.354 bits per heavy atom. The monoisotopic (exact) mass is 831 g/mol. The molecule has 0 fully saturated rings. The second-order valence-corrected chi connectivity index (χ2v) is 18.3. The van der Waals surface area contributed by atoms with E-state index in [1.165, 1.54) is 89.0 Å². The number of rotatable bonds is 8. The molecule has 310 valence electrons. The normalized spacial score (nSPS) is 14.8. The lowest BCUT2D eigenvalue weighted by atomic mass is 9.67. The second-order valence-electron chi connectivity index (χ2n) is 18.3. The van der Waals surface area contributed by atoms with Crippen LogP contribution in [0.4, 0.5) is 17.1 Å². The SMILES string of the molecule is CC1(C)c2cc(-c3ccc(-c4ccccc4)cc3)ccc2-c2ccc(N(c3cccc(C4=CCCC=C4)c3)c3ccc4c(c3)C(c3ccccc3)(c3ccccc3)c3ccccc3-4)cc21. The van der Waals surface area contributed by atoms with E-state index >= 15 is 0 Å². The molecule has 1 nitrogen and oxygen atoms in total. The molecule has 1 heteroatoms. The lowest BCUT2D eigenvalue weighted by Crippen LogP contribution is -2.28. The van der Waals surface area contributed by atoms with Crippen molar-refractivity contribution in [3.8, 4) is 44.5 Å². The van der Waals surface area contributed by atoms with Crippen molar-refractivity contribution in [3.05, 3.63) is 276 Å². The third-order valence-corrected chi connectivity index (χ3v) is 14.4. The summed E-state index contributed by atoms with van der Waals surface area (Å²) in [6, 6.07) is 81.5. The van der Waals surface area contributed by atoms with E-state index in [2.05, 4.69) is 255 Å². The molecule has 12 rings (SSSR count). The summed E-state index contributed by atoms with van der Waals surface area (Å²) in [7, 11) is 0. The van der Waals surface area contributed by atoms with Crippen LogP contribution in [-0.2, 0) is 10.8 Å². The average molecular weight is 832 g/mol. The summed E-state index contributed by atoms with van der Waals surface area (Å²) in [6.45, 7) is 4.80. The van der Waals surface area contributed by atoms with Crippen LogP contribution >= 0.6 is 0 Å². The van der Waals surface area contributed by atoms with Crippen molar-refractivity contribution in [2.24, 2.45) is 0 Å². The second kappa shape index (κ2) is 15.5. The minimum Gasteiger partial charge on any atom is -0.310 e. The van der Waals surface area contributed by atoms with E-state index in [1.807, 2.05) is 0 Å². The highest BCUT2D eigenvalue weighted by Crippen LogP contribution is 2.58. The summed E-state index contributed by atoms with van der Waals surface area (Å²) in [6.07, 6.45) is 9.12. The maximum atomic E-state index is 2.50. The molecule has 0 saturated carbocycles. The molecule has 0 spiro atoms. The Hall–Kier alpha value is -7.74. The van der Waals surface area contributed by atoms with E-state index in [-0.39, 0.29) is 5.41 Å². The molecule has 0 bridgehead atoms. The molecule has 0 atom stereocenters. The van der Waals surface area contributed by atoms with Crippen molar-refractivity contribution in [2.45, 2.75) is 37.5 Å². The Morgan fingerprint density at radius 3 is 1.51 bits per heavy atom. The van der Waals surface area contributed by atoms with E-state index in [0.717, 1.165) is 29.9 Å². The zero-order chi connectivity index (χ0) is 43.5. The van der Waals surface area contributed by atoms with Crippen LogP contribution in [0.1, 0.15) is 65.6 Å². The molecule has 0 aromatic heterocycles. The molecule has 0 saturated heterocycles. The number of hydrogen-bond acceptors (Lipinski definition) is 1. The first-order chi connectivity index (χ1) is 32.0. The van der Waals surface area contributed by atoms with Crippen molar-refractivity contribution in [1.29, 1.82) is 0 Å². The lowest BCUT2D eigenvalue weighted by Gasteiger charge is -2.35. The predicted octanol–water partition coefficient (Wildman–Crippen LogP) is 16.9. The highest BCUT2D eigenvalue weighted by Gasteiger charge is 2.46. The van der Waals surface area contributed by atoms with Crippen molar-refractivity contribution in [2.75, 3.05) is 4.90 Å². The van der Waals surface area contributed by atoms with Crippen molar-refractivity contribution >= 4 is 22.6 Å². The summed E-state index contributed by atoms with van der Waals surface area (Å²) in [4.78, 5) is 2.50. The van der Waals surface area contributed by atoms with Gasteiger partial charge < -0.3 is 4.90 Å². The van der Waals surface area contributed by atoms with Crippen molar-refractivity contribution < 1.29 is 0 Å². The molecular weight excluding hydrogens is 783 g/mol. The first kappa shape index (κ1) is 38.9. The average Bonchev–Trinajstić information content (AvgIpc) is 3.80. The van der Waals surface area contributed by atoms with E-state index in [0.29, 0.717) is 0 Å². The Balaban J connectivity index is 1.01.